The van der Waals surface area contributed by atoms with Gasteiger partial charge in [0.1, 0.15) is 23.2 Å². The lowest BCUT2D eigenvalue weighted by atomic mass is 10.3. The number of aryl methyl sites for hydroxylation is 2. The van der Waals surface area contributed by atoms with E-state index in [-0.39, 0.29) is 11.7 Å². The fraction of sp³-hybridized carbons (Fsp3) is 0.105. The van der Waals surface area contributed by atoms with E-state index in [0.29, 0.717) is 29.0 Å². The molecule has 0 radical (unpaired) electrons. The Morgan fingerprint density at radius 2 is 1.93 bits per heavy atom. The molecule has 1 N–H and O–H groups in total. The topological polar surface area (TPSA) is 108 Å². The minimum absolute atomic E-state index is 0.138. The van der Waals surface area contributed by atoms with Crippen molar-refractivity contribution in [3.8, 4) is 17.4 Å². The molecule has 28 heavy (non-hydrogen) atoms. The zero-order valence-electron chi connectivity index (χ0n) is 15.2. The van der Waals surface area contributed by atoms with Gasteiger partial charge in [-0.15, -0.1) is 0 Å². The fourth-order valence-electron chi connectivity index (χ4n) is 2.57. The minimum atomic E-state index is -0.377. The van der Waals surface area contributed by atoms with E-state index in [1.54, 1.807) is 43.5 Å². The van der Waals surface area contributed by atoms with Crippen LogP contribution in [0.25, 0.3) is 5.82 Å². The van der Waals surface area contributed by atoms with Crippen LogP contribution in [0.4, 0.5) is 5.69 Å². The van der Waals surface area contributed by atoms with Crippen LogP contribution >= 0.6 is 0 Å². The van der Waals surface area contributed by atoms with Crippen molar-refractivity contribution in [3.05, 3.63) is 72.4 Å². The molecule has 140 valence electrons. The summed E-state index contributed by atoms with van der Waals surface area (Å²) in [6.07, 6.45) is 4.95. The number of hydrogen-bond donors (Lipinski definition) is 1. The molecule has 4 rings (SSSR count). The highest BCUT2D eigenvalue weighted by molar-refractivity contribution is 6.02. The van der Waals surface area contributed by atoms with E-state index in [1.807, 2.05) is 17.7 Å². The molecule has 9 heteroatoms. The van der Waals surface area contributed by atoms with Crippen LogP contribution in [0.2, 0.25) is 0 Å². The number of anilines is 1. The molecule has 3 aromatic heterocycles. The lowest BCUT2D eigenvalue weighted by Gasteiger charge is -2.10. The summed E-state index contributed by atoms with van der Waals surface area (Å²) in [4.78, 5) is 24.9. The summed E-state index contributed by atoms with van der Waals surface area (Å²) in [5.74, 6) is 2.82. The standard InChI is InChI=1S/C19H16N6O3/c1-12-22-17(25-10-9-20-13(25)2)11-18(23-12)27-15-5-3-14(4-6-15)24-19(26)16-7-8-21-28-16/h3-11H,1-2H3,(H,24,26). The first-order valence-corrected chi connectivity index (χ1v) is 8.44. The van der Waals surface area contributed by atoms with Crippen LogP contribution in [-0.4, -0.2) is 30.6 Å². The van der Waals surface area contributed by atoms with E-state index in [4.69, 9.17) is 9.26 Å². The van der Waals surface area contributed by atoms with E-state index >= 15 is 0 Å². The van der Waals surface area contributed by atoms with Crippen LogP contribution in [0, 0.1) is 13.8 Å². The maximum Gasteiger partial charge on any atom is 0.294 e. The van der Waals surface area contributed by atoms with E-state index in [0.717, 1.165) is 5.82 Å². The monoisotopic (exact) mass is 376 g/mol. The first-order chi connectivity index (χ1) is 13.6. The zero-order chi connectivity index (χ0) is 19.5. The van der Waals surface area contributed by atoms with Crippen LogP contribution in [0.15, 0.2) is 59.5 Å². The first-order valence-electron chi connectivity index (χ1n) is 8.44. The summed E-state index contributed by atoms with van der Waals surface area (Å²) in [7, 11) is 0. The molecular formula is C19H16N6O3. The number of benzene rings is 1. The molecule has 0 fully saturated rings. The summed E-state index contributed by atoms with van der Waals surface area (Å²) >= 11 is 0. The molecule has 1 amide bonds. The number of nitrogens with zero attached hydrogens (tertiary/aromatic N) is 5. The van der Waals surface area contributed by atoms with Crippen molar-refractivity contribution in [1.82, 2.24) is 24.7 Å². The normalized spacial score (nSPS) is 10.6. The van der Waals surface area contributed by atoms with Gasteiger partial charge in [-0.1, -0.05) is 5.16 Å². The molecule has 0 atom stereocenters. The van der Waals surface area contributed by atoms with Gasteiger partial charge in [0.2, 0.25) is 11.6 Å². The van der Waals surface area contributed by atoms with Crippen LogP contribution in [0.1, 0.15) is 22.2 Å². The third kappa shape index (κ3) is 3.73. The largest absolute Gasteiger partial charge is 0.439 e. The number of nitrogens with one attached hydrogen (secondary N) is 1. The summed E-state index contributed by atoms with van der Waals surface area (Å²) in [5, 5.41) is 6.22. The van der Waals surface area contributed by atoms with Gasteiger partial charge in [0.15, 0.2) is 0 Å². The Morgan fingerprint density at radius 1 is 1.11 bits per heavy atom. The van der Waals surface area contributed by atoms with Gasteiger partial charge in [-0.25, -0.2) is 9.97 Å². The van der Waals surface area contributed by atoms with Gasteiger partial charge in [0.25, 0.3) is 5.91 Å². The molecule has 0 unspecified atom stereocenters. The van der Waals surface area contributed by atoms with Crippen molar-refractivity contribution >= 4 is 11.6 Å². The van der Waals surface area contributed by atoms with E-state index < -0.39 is 0 Å². The van der Waals surface area contributed by atoms with Crippen molar-refractivity contribution in [3.63, 3.8) is 0 Å². The van der Waals surface area contributed by atoms with Gasteiger partial charge >= 0.3 is 0 Å². The van der Waals surface area contributed by atoms with E-state index in [9.17, 15) is 4.79 Å². The molecular weight excluding hydrogens is 360 g/mol. The van der Waals surface area contributed by atoms with E-state index in [1.165, 1.54) is 12.3 Å². The number of aromatic nitrogens is 5. The summed E-state index contributed by atoms with van der Waals surface area (Å²) in [6.45, 7) is 3.69. The summed E-state index contributed by atoms with van der Waals surface area (Å²) in [5.41, 5.74) is 0.599. The van der Waals surface area contributed by atoms with Gasteiger partial charge < -0.3 is 14.6 Å². The molecule has 0 aliphatic heterocycles. The number of carbonyl (C=O) groups is 1. The lowest BCUT2D eigenvalue weighted by molar-refractivity contribution is 0.0988. The first kappa shape index (κ1) is 17.4. The Hall–Kier alpha value is -4.01. The van der Waals surface area contributed by atoms with Gasteiger partial charge in [-0.3, -0.25) is 9.36 Å². The summed E-state index contributed by atoms with van der Waals surface area (Å²) < 4.78 is 12.5. The second kappa shape index (κ2) is 7.31. The Bertz CT molecular complexity index is 1100. The van der Waals surface area contributed by atoms with Gasteiger partial charge in [0.05, 0.1) is 6.20 Å². The Labute approximate surface area is 160 Å². The van der Waals surface area contributed by atoms with Crippen LogP contribution < -0.4 is 10.1 Å². The third-order valence-electron chi connectivity index (χ3n) is 3.87. The number of hydrogen-bond acceptors (Lipinski definition) is 7. The maximum absolute atomic E-state index is 12.0. The Balaban J connectivity index is 1.49. The van der Waals surface area contributed by atoms with Crippen molar-refractivity contribution < 1.29 is 14.1 Å². The van der Waals surface area contributed by atoms with Crippen LogP contribution in [0.3, 0.4) is 0 Å². The van der Waals surface area contributed by atoms with Crippen LogP contribution in [-0.2, 0) is 0 Å². The van der Waals surface area contributed by atoms with Crippen LogP contribution in [0.5, 0.6) is 11.6 Å². The SMILES string of the molecule is Cc1nc(Oc2ccc(NC(=O)c3ccno3)cc2)cc(-n2ccnc2C)n1. The molecule has 3 heterocycles. The smallest absolute Gasteiger partial charge is 0.294 e. The predicted octanol–water partition coefficient (Wildman–Crippen LogP) is 3.31. The minimum Gasteiger partial charge on any atom is -0.439 e. The van der Waals surface area contributed by atoms with Gasteiger partial charge in [-0.2, -0.15) is 4.98 Å². The average molecular weight is 376 g/mol. The molecule has 0 aliphatic carbocycles. The number of ether oxygens (including phenoxy) is 1. The molecule has 9 nitrogen and oxygen atoms in total. The predicted molar refractivity (Wildman–Crippen MR) is 99.6 cm³/mol. The van der Waals surface area contributed by atoms with Gasteiger partial charge in [-0.05, 0) is 38.1 Å². The maximum atomic E-state index is 12.0. The number of rotatable bonds is 5. The van der Waals surface area contributed by atoms with Crippen molar-refractivity contribution in [2.75, 3.05) is 5.32 Å². The zero-order valence-corrected chi connectivity index (χ0v) is 15.2. The second-order valence-corrected chi connectivity index (χ2v) is 5.91. The number of imidazole rings is 1. The molecule has 0 aliphatic rings. The highest BCUT2D eigenvalue weighted by Gasteiger charge is 2.11. The lowest BCUT2D eigenvalue weighted by Crippen LogP contribution is -2.10. The molecule has 0 saturated heterocycles. The molecule has 1 aromatic carbocycles. The molecule has 4 aromatic rings. The second-order valence-electron chi connectivity index (χ2n) is 5.91. The summed E-state index contributed by atoms with van der Waals surface area (Å²) in [6, 6.07) is 10.1. The highest BCUT2D eigenvalue weighted by atomic mass is 16.5. The molecule has 0 saturated carbocycles. The number of amides is 1. The molecule has 0 bridgehead atoms. The highest BCUT2D eigenvalue weighted by Crippen LogP contribution is 2.23. The van der Waals surface area contributed by atoms with Gasteiger partial charge in [0, 0.05) is 30.2 Å². The fourth-order valence-corrected chi connectivity index (χ4v) is 2.57. The Kier molecular flexibility index (Phi) is 4.55. The average Bonchev–Trinajstić information content (AvgIpc) is 3.34. The molecule has 0 spiro atoms. The van der Waals surface area contributed by atoms with Crippen molar-refractivity contribution in [2.45, 2.75) is 13.8 Å². The van der Waals surface area contributed by atoms with Crippen molar-refractivity contribution in [2.24, 2.45) is 0 Å². The Morgan fingerprint density at radius 3 is 2.61 bits per heavy atom. The van der Waals surface area contributed by atoms with E-state index in [2.05, 4.69) is 25.4 Å². The third-order valence-corrected chi connectivity index (χ3v) is 3.87. The quantitative estimate of drug-likeness (QED) is 0.569. The van der Waals surface area contributed by atoms with Crippen molar-refractivity contribution in [1.29, 1.82) is 0 Å². The number of carbonyl (C=O) groups excluding carboxylic acids is 1.